The van der Waals surface area contributed by atoms with Gasteiger partial charge in [-0.3, -0.25) is 0 Å². The Morgan fingerprint density at radius 3 is 2.08 bits per heavy atom. The minimum Gasteiger partial charge on any atom is -0.365 e. The maximum absolute atomic E-state index is 15.4. The average molecular weight is 685 g/mol. The molecular formula is C40H38F2N8O. The zero-order valence-corrected chi connectivity index (χ0v) is 28.0. The zero-order valence-electron chi connectivity index (χ0n) is 28.0. The molecule has 2 amide bonds. The summed E-state index contributed by atoms with van der Waals surface area (Å²) in [4.78, 5) is 28.3. The minimum absolute atomic E-state index is 0.0730. The van der Waals surface area contributed by atoms with E-state index < -0.39 is 17.5 Å². The van der Waals surface area contributed by atoms with Gasteiger partial charge in [-0.1, -0.05) is 91.0 Å². The molecule has 11 heteroatoms. The predicted molar refractivity (Wildman–Crippen MR) is 192 cm³/mol. The second-order valence-electron chi connectivity index (χ2n) is 13.3. The van der Waals surface area contributed by atoms with Gasteiger partial charge in [-0.15, -0.1) is 0 Å². The molecule has 0 spiro atoms. The number of alkyl halides is 1. The van der Waals surface area contributed by atoms with Crippen molar-refractivity contribution in [3.8, 4) is 11.5 Å². The van der Waals surface area contributed by atoms with Crippen molar-refractivity contribution in [3.63, 3.8) is 0 Å². The number of likely N-dealkylation sites (tertiary alicyclic amines) is 1. The molecule has 1 aliphatic heterocycles. The summed E-state index contributed by atoms with van der Waals surface area (Å²) in [6.07, 6.45) is 5.33. The summed E-state index contributed by atoms with van der Waals surface area (Å²) in [6, 6.07) is 33.9. The Morgan fingerprint density at radius 1 is 0.804 bits per heavy atom. The summed E-state index contributed by atoms with van der Waals surface area (Å²) in [7, 11) is 0. The highest BCUT2D eigenvalue weighted by Gasteiger charge is 2.41. The van der Waals surface area contributed by atoms with Gasteiger partial charge in [0.15, 0.2) is 23.1 Å². The minimum atomic E-state index is -0.975. The summed E-state index contributed by atoms with van der Waals surface area (Å²) < 4.78 is 31.1. The van der Waals surface area contributed by atoms with Crippen LogP contribution in [0.25, 0.3) is 22.6 Å². The number of carbonyl (C=O) groups excluding carboxylic acids is 1. The molecule has 1 aliphatic carbocycles. The number of urea groups is 1. The molecule has 6 aromatic rings. The van der Waals surface area contributed by atoms with Gasteiger partial charge in [0.05, 0.1) is 18.1 Å². The van der Waals surface area contributed by atoms with E-state index in [1.165, 1.54) is 11.1 Å². The molecule has 3 aromatic carbocycles. The molecule has 51 heavy (non-hydrogen) atoms. The Labute approximate surface area is 294 Å². The topological polar surface area (TPSA) is 101 Å². The number of pyridine rings is 1. The van der Waals surface area contributed by atoms with E-state index in [1.54, 1.807) is 6.20 Å². The van der Waals surface area contributed by atoms with E-state index in [0.717, 1.165) is 41.3 Å². The number of nitrogens with zero attached hydrogens (tertiary/aromatic N) is 6. The smallest absolute Gasteiger partial charge is 0.317 e. The number of halogens is 2. The number of amides is 2. The number of carbonyl (C=O) groups is 1. The SMILES string of the molecule is O=C(N[C@@H]1CCC[C@H](Nc2nc(-c3nn(C(c4ccccc4)(c4ccccc4)c4ccccc4)c4ncccc34)ncc2F)C1)N1CC[C@H](F)C1. The standard InChI is InChI=1S/C40H38F2N8O/c41-30-21-23-49(26-30)39(51)46-32-19-10-18-31(24-32)45-36-34(42)25-44-37(47-36)35-33-20-11-22-43-38(33)50(48-35)40(27-12-4-1-5-13-27,28-14-6-2-7-15-28)29-16-8-3-9-17-29/h1-9,11-17,20,22,25,30-32H,10,18-19,21,23-24,26H2,(H,46,51)(H,44,45,47)/t30-,31-,32+/m0/s1. The summed E-state index contributed by atoms with van der Waals surface area (Å²) in [6.45, 7) is 0.539. The molecule has 0 radical (unpaired) electrons. The molecule has 2 N–H and O–H groups in total. The molecule has 3 aromatic heterocycles. The van der Waals surface area contributed by atoms with Gasteiger partial charge in [0.2, 0.25) is 0 Å². The van der Waals surface area contributed by atoms with Crippen LogP contribution in [0.5, 0.6) is 0 Å². The number of hydrogen-bond donors (Lipinski definition) is 2. The van der Waals surface area contributed by atoms with Gasteiger partial charge in [0, 0.05) is 24.8 Å². The van der Waals surface area contributed by atoms with E-state index >= 15 is 4.39 Å². The van der Waals surface area contributed by atoms with Gasteiger partial charge in [0.25, 0.3) is 0 Å². The molecular weight excluding hydrogens is 646 g/mol. The van der Waals surface area contributed by atoms with Crippen molar-refractivity contribution < 1.29 is 13.6 Å². The Morgan fingerprint density at radius 2 is 1.45 bits per heavy atom. The number of hydrogen-bond acceptors (Lipinski definition) is 6. The number of anilines is 1. The maximum atomic E-state index is 15.4. The molecule has 2 aliphatic rings. The lowest BCUT2D eigenvalue weighted by atomic mass is 9.77. The lowest BCUT2D eigenvalue weighted by Gasteiger charge is -2.36. The molecule has 4 heterocycles. The van der Waals surface area contributed by atoms with Crippen molar-refractivity contribution in [2.24, 2.45) is 0 Å². The quantitative estimate of drug-likeness (QED) is 0.163. The molecule has 1 saturated heterocycles. The normalized spacial score (nSPS) is 19.3. The third-order valence-corrected chi connectivity index (χ3v) is 10.1. The van der Waals surface area contributed by atoms with Crippen LogP contribution in [0.4, 0.5) is 19.4 Å². The van der Waals surface area contributed by atoms with Crippen LogP contribution >= 0.6 is 0 Å². The van der Waals surface area contributed by atoms with E-state index in [0.29, 0.717) is 30.7 Å². The van der Waals surface area contributed by atoms with E-state index in [-0.39, 0.29) is 36.3 Å². The van der Waals surface area contributed by atoms with Gasteiger partial charge in [-0.2, -0.15) is 5.10 Å². The maximum Gasteiger partial charge on any atom is 0.317 e. The highest BCUT2D eigenvalue weighted by Crippen LogP contribution is 2.43. The van der Waals surface area contributed by atoms with E-state index in [1.807, 2.05) is 71.4 Å². The van der Waals surface area contributed by atoms with Gasteiger partial charge < -0.3 is 15.5 Å². The molecule has 2 fully saturated rings. The number of aromatic nitrogens is 5. The Bertz CT molecular complexity index is 2030. The van der Waals surface area contributed by atoms with Gasteiger partial charge in [0.1, 0.15) is 17.4 Å². The first-order chi connectivity index (χ1) is 25.0. The molecule has 8 rings (SSSR count). The molecule has 9 nitrogen and oxygen atoms in total. The monoisotopic (exact) mass is 684 g/mol. The van der Waals surface area contributed by atoms with Crippen LogP contribution in [0.1, 0.15) is 48.8 Å². The van der Waals surface area contributed by atoms with Crippen LogP contribution in [-0.2, 0) is 5.54 Å². The highest BCUT2D eigenvalue weighted by molar-refractivity contribution is 5.90. The first-order valence-corrected chi connectivity index (χ1v) is 17.5. The summed E-state index contributed by atoms with van der Waals surface area (Å²) >= 11 is 0. The second-order valence-corrected chi connectivity index (χ2v) is 13.3. The zero-order chi connectivity index (χ0) is 34.8. The molecule has 0 bridgehead atoms. The lowest BCUT2D eigenvalue weighted by molar-refractivity contribution is 0.195. The Balaban J connectivity index is 1.18. The summed E-state index contributed by atoms with van der Waals surface area (Å²) in [5.74, 6) is -0.247. The number of fused-ring (bicyclic) bond motifs is 1. The fourth-order valence-corrected chi connectivity index (χ4v) is 7.65. The van der Waals surface area contributed by atoms with Gasteiger partial charge in [-0.05, 0) is 60.9 Å². The van der Waals surface area contributed by atoms with E-state index in [9.17, 15) is 9.18 Å². The van der Waals surface area contributed by atoms with Crippen LogP contribution in [0, 0.1) is 5.82 Å². The molecule has 1 saturated carbocycles. The van der Waals surface area contributed by atoms with E-state index in [4.69, 9.17) is 15.1 Å². The lowest BCUT2D eigenvalue weighted by Crippen LogP contribution is -2.47. The largest absolute Gasteiger partial charge is 0.365 e. The average Bonchev–Trinajstić information content (AvgIpc) is 3.79. The van der Waals surface area contributed by atoms with Crippen LogP contribution in [0.3, 0.4) is 0 Å². The van der Waals surface area contributed by atoms with E-state index in [2.05, 4.69) is 52.0 Å². The van der Waals surface area contributed by atoms with Crippen molar-refractivity contribution in [1.82, 2.24) is 34.9 Å². The Hall–Kier alpha value is -5.71. The molecule has 3 atom stereocenters. The van der Waals surface area contributed by atoms with Crippen molar-refractivity contribution >= 4 is 22.9 Å². The van der Waals surface area contributed by atoms with Gasteiger partial charge >= 0.3 is 6.03 Å². The molecule has 258 valence electrons. The van der Waals surface area contributed by atoms with Gasteiger partial charge in [-0.25, -0.2) is 33.2 Å². The molecule has 0 unspecified atom stereocenters. The third kappa shape index (κ3) is 6.17. The highest BCUT2D eigenvalue weighted by atomic mass is 19.1. The fraction of sp³-hybridized carbons (Fsp3) is 0.275. The van der Waals surface area contributed by atoms with Crippen molar-refractivity contribution in [2.75, 3.05) is 18.4 Å². The van der Waals surface area contributed by atoms with Crippen LogP contribution in [0.2, 0.25) is 0 Å². The van der Waals surface area contributed by atoms with Crippen LogP contribution < -0.4 is 10.6 Å². The number of rotatable bonds is 8. The fourth-order valence-electron chi connectivity index (χ4n) is 7.65. The first kappa shape index (κ1) is 32.5. The van der Waals surface area contributed by atoms with Crippen LogP contribution in [0.15, 0.2) is 116 Å². The predicted octanol–water partition coefficient (Wildman–Crippen LogP) is 7.34. The van der Waals surface area contributed by atoms with Crippen molar-refractivity contribution in [2.45, 2.75) is 55.9 Å². The third-order valence-electron chi connectivity index (χ3n) is 10.1. The Kier molecular flexibility index (Phi) is 8.85. The first-order valence-electron chi connectivity index (χ1n) is 17.5. The van der Waals surface area contributed by atoms with Crippen molar-refractivity contribution in [1.29, 1.82) is 0 Å². The summed E-state index contributed by atoms with van der Waals surface area (Å²) in [5.41, 5.74) is 3.12. The van der Waals surface area contributed by atoms with Crippen molar-refractivity contribution in [3.05, 3.63) is 138 Å². The second kappa shape index (κ2) is 13.9. The van der Waals surface area contributed by atoms with Crippen LogP contribution in [-0.4, -0.2) is 67.0 Å². The summed E-state index contributed by atoms with van der Waals surface area (Å²) in [5, 5.41) is 12.4. The number of nitrogens with one attached hydrogen (secondary N) is 2. The number of benzene rings is 3.